The zero-order valence-electron chi connectivity index (χ0n) is 7.63. The lowest BCUT2D eigenvalue weighted by Crippen LogP contribution is -2.19. The van der Waals surface area contributed by atoms with E-state index in [-0.39, 0.29) is 0 Å². The molecule has 0 saturated carbocycles. The lowest BCUT2D eigenvalue weighted by atomic mass is 9.81. The molecule has 1 nitrogen and oxygen atoms in total. The van der Waals surface area contributed by atoms with E-state index in [0.29, 0.717) is 5.41 Å². The van der Waals surface area contributed by atoms with Crippen molar-refractivity contribution in [2.75, 3.05) is 13.1 Å². The molecule has 66 valence electrons. The van der Waals surface area contributed by atoms with Crippen LogP contribution in [-0.2, 0) is 0 Å². The Morgan fingerprint density at radius 3 is 2.92 bits per heavy atom. The van der Waals surface area contributed by atoms with Gasteiger partial charge in [0.2, 0.25) is 0 Å². The van der Waals surface area contributed by atoms with Crippen LogP contribution in [0.15, 0.2) is 17.5 Å². The second-order valence-electron chi connectivity index (χ2n) is 4.19. The zero-order valence-corrected chi connectivity index (χ0v) is 8.45. The Bertz CT molecular complexity index is 251. The summed E-state index contributed by atoms with van der Waals surface area (Å²) < 4.78 is 0. The van der Waals surface area contributed by atoms with Gasteiger partial charge in [-0.15, -0.1) is 11.3 Å². The highest BCUT2D eigenvalue weighted by atomic mass is 32.1. The summed E-state index contributed by atoms with van der Waals surface area (Å²) in [6.45, 7) is 6.98. The first kappa shape index (κ1) is 8.27. The molecular weight excluding hydrogens is 166 g/mol. The topological polar surface area (TPSA) is 12.0 Å². The Morgan fingerprint density at radius 2 is 2.42 bits per heavy atom. The monoisotopic (exact) mass is 181 g/mol. The van der Waals surface area contributed by atoms with E-state index >= 15 is 0 Å². The van der Waals surface area contributed by atoms with Crippen LogP contribution >= 0.6 is 11.3 Å². The number of hydrogen-bond donors (Lipinski definition) is 1. The van der Waals surface area contributed by atoms with Crippen molar-refractivity contribution in [2.45, 2.75) is 19.8 Å². The molecule has 12 heavy (non-hydrogen) atoms. The molecular formula is C10H15NS. The van der Waals surface area contributed by atoms with Gasteiger partial charge in [0.1, 0.15) is 0 Å². The molecule has 1 aromatic heterocycles. The first-order valence-corrected chi connectivity index (χ1v) is 5.32. The summed E-state index contributed by atoms with van der Waals surface area (Å²) in [6, 6.07) is 4.40. The third-order valence-electron chi connectivity index (χ3n) is 2.76. The Balaban J connectivity index is 2.25. The predicted molar refractivity (Wildman–Crippen MR) is 53.7 cm³/mol. The fraction of sp³-hybridized carbons (Fsp3) is 0.600. The highest BCUT2D eigenvalue weighted by Crippen LogP contribution is 2.39. The van der Waals surface area contributed by atoms with Crippen molar-refractivity contribution in [2.24, 2.45) is 5.41 Å². The average molecular weight is 181 g/mol. The van der Waals surface area contributed by atoms with Crippen LogP contribution in [0.1, 0.15) is 24.6 Å². The molecule has 2 heterocycles. The molecule has 0 spiro atoms. The van der Waals surface area contributed by atoms with Crippen LogP contribution in [0.25, 0.3) is 0 Å². The molecule has 1 aliphatic rings. The summed E-state index contributed by atoms with van der Waals surface area (Å²) in [5, 5.41) is 5.63. The van der Waals surface area contributed by atoms with Gasteiger partial charge >= 0.3 is 0 Å². The third-order valence-corrected chi connectivity index (χ3v) is 3.75. The van der Waals surface area contributed by atoms with E-state index in [9.17, 15) is 0 Å². The fourth-order valence-corrected chi connectivity index (χ4v) is 2.95. The number of thiophene rings is 1. The highest BCUT2D eigenvalue weighted by Gasteiger charge is 2.35. The van der Waals surface area contributed by atoms with Crippen LogP contribution in [0.5, 0.6) is 0 Å². The van der Waals surface area contributed by atoms with E-state index in [1.165, 1.54) is 4.88 Å². The summed E-state index contributed by atoms with van der Waals surface area (Å²) in [5.41, 5.74) is 0.435. The molecule has 0 aromatic carbocycles. The molecule has 1 fully saturated rings. The molecule has 2 rings (SSSR count). The Labute approximate surface area is 77.8 Å². The lowest BCUT2D eigenvalue weighted by molar-refractivity contribution is 0.366. The van der Waals surface area contributed by atoms with Gasteiger partial charge in [0.25, 0.3) is 0 Å². The molecule has 0 unspecified atom stereocenters. The summed E-state index contributed by atoms with van der Waals surface area (Å²) in [5.74, 6) is 0.720. The van der Waals surface area contributed by atoms with Gasteiger partial charge in [-0.25, -0.2) is 0 Å². The normalized spacial score (nSPS) is 27.7. The van der Waals surface area contributed by atoms with Crippen molar-refractivity contribution >= 4 is 11.3 Å². The van der Waals surface area contributed by atoms with E-state index in [1.54, 1.807) is 0 Å². The molecule has 2 heteroatoms. The Kier molecular flexibility index (Phi) is 1.97. The van der Waals surface area contributed by atoms with Crippen LogP contribution in [0.3, 0.4) is 0 Å². The molecule has 1 saturated heterocycles. The van der Waals surface area contributed by atoms with E-state index < -0.39 is 0 Å². The summed E-state index contributed by atoms with van der Waals surface area (Å²) in [6.07, 6.45) is 0. The van der Waals surface area contributed by atoms with Crippen molar-refractivity contribution in [3.05, 3.63) is 22.4 Å². The molecule has 0 radical (unpaired) electrons. The zero-order chi connectivity index (χ0) is 8.60. The van der Waals surface area contributed by atoms with Crippen LogP contribution < -0.4 is 5.32 Å². The van der Waals surface area contributed by atoms with Crippen LogP contribution in [-0.4, -0.2) is 13.1 Å². The van der Waals surface area contributed by atoms with Gasteiger partial charge in [0.05, 0.1) is 0 Å². The maximum Gasteiger partial charge on any atom is 0.0121 e. The second kappa shape index (κ2) is 2.86. The van der Waals surface area contributed by atoms with Gasteiger partial charge in [-0.05, 0) is 16.9 Å². The maximum absolute atomic E-state index is 3.46. The molecule has 1 atom stereocenters. The largest absolute Gasteiger partial charge is 0.316 e. The third kappa shape index (κ3) is 1.29. The SMILES string of the molecule is CC1(C)CNC[C@H]1c1cccs1. The van der Waals surface area contributed by atoms with Gasteiger partial charge in [-0.2, -0.15) is 0 Å². The van der Waals surface area contributed by atoms with E-state index in [4.69, 9.17) is 0 Å². The first-order chi connectivity index (χ1) is 5.70. The van der Waals surface area contributed by atoms with Gasteiger partial charge in [0, 0.05) is 23.9 Å². The Hall–Kier alpha value is -0.340. The highest BCUT2D eigenvalue weighted by molar-refractivity contribution is 7.10. The Morgan fingerprint density at radius 1 is 1.58 bits per heavy atom. The van der Waals surface area contributed by atoms with Crippen molar-refractivity contribution in [3.63, 3.8) is 0 Å². The molecule has 0 bridgehead atoms. The summed E-state index contributed by atoms with van der Waals surface area (Å²) in [7, 11) is 0. The number of nitrogens with one attached hydrogen (secondary N) is 1. The van der Waals surface area contributed by atoms with E-state index in [1.807, 2.05) is 11.3 Å². The van der Waals surface area contributed by atoms with Gasteiger partial charge in [-0.1, -0.05) is 19.9 Å². The van der Waals surface area contributed by atoms with Crippen molar-refractivity contribution in [1.29, 1.82) is 0 Å². The van der Waals surface area contributed by atoms with Crippen LogP contribution in [0.2, 0.25) is 0 Å². The van der Waals surface area contributed by atoms with E-state index in [2.05, 4.69) is 36.7 Å². The molecule has 0 amide bonds. The van der Waals surface area contributed by atoms with Gasteiger partial charge < -0.3 is 5.32 Å². The quantitative estimate of drug-likeness (QED) is 0.702. The summed E-state index contributed by atoms with van der Waals surface area (Å²) >= 11 is 1.88. The first-order valence-electron chi connectivity index (χ1n) is 4.44. The lowest BCUT2D eigenvalue weighted by Gasteiger charge is -2.24. The standard InChI is InChI=1S/C10H15NS/c1-10(2)7-11-6-8(10)9-4-3-5-12-9/h3-5,8,11H,6-7H2,1-2H3/t8-/m0/s1. The minimum atomic E-state index is 0.435. The minimum Gasteiger partial charge on any atom is -0.316 e. The fourth-order valence-electron chi connectivity index (χ4n) is 1.91. The molecule has 1 aliphatic heterocycles. The second-order valence-corrected chi connectivity index (χ2v) is 5.17. The van der Waals surface area contributed by atoms with Crippen LogP contribution in [0.4, 0.5) is 0 Å². The van der Waals surface area contributed by atoms with Crippen molar-refractivity contribution in [1.82, 2.24) is 5.32 Å². The summed E-state index contributed by atoms with van der Waals surface area (Å²) in [4.78, 5) is 1.53. The molecule has 1 N–H and O–H groups in total. The smallest absolute Gasteiger partial charge is 0.0121 e. The van der Waals surface area contributed by atoms with Gasteiger partial charge in [-0.3, -0.25) is 0 Å². The van der Waals surface area contributed by atoms with Crippen molar-refractivity contribution in [3.8, 4) is 0 Å². The van der Waals surface area contributed by atoms with E-state index in [0.717, 1.165) is 19.0 Å². The molecule has 1 aromatic rings. The molecule has 0 aliphatic carbocycles. The minimum absolute atomic E-state index is 0.435. The van der Waals surface area contributed by atoms with Crippen molar-refractivity contribution < 1.29 is 0 Å². The number of rotatable bonds is 1. The van der Waals surface area contributed by atoms with Gasteiger partial charge in [0.15, 0.2) is 0 Å². The maximum atomic E-state index is 3.46. The predicted octanol–water partition coefficient (Wildman–Crippen LogP) is 2.46. The van der Waals surface area contributed by atoms with Crippen LogP contribution in [0, 0.1) is 5.41 Å². The number of hydrogen-bond acceptors (Lipinski definition) is 2. The average Bonchev–Trinajstić information content (AvgIpc) is 2.55.